The number of rotatable bonds is 4. The Kier molecular flexibility index (Phi) is 4.17. The summed E-state index contributed by atoms with van der Waals surface area (Å²) < 4.78 is 22.2. The summed E-state index contributed by atoms with van der Waals surface area (Å²) in [7, 11) is -4.98. The van der Waals surface area contributed by atoms with Gasteiger partial charge in [0.05, 0.1) is 12.9 Å². The molecule has 4 atom stereocenters. The summed E-state index contributed by atoms with van der Waals surface area (Å²) in [5, 5.41) is 19.3. The number of fused-ring (bicyclic) bond motifs is 1. The molecule has 1 saturated heterocycles. The van der Waals surface area contributed by atoms with Crippen molar-refractivity contribution in [1.29, 1.82) is 0 Å². The lowest BCUT2D eigenvalue weighted by molar-refractivity contribution is -0.0505. The van der Waals surface area contributed by atoms with Crippen molar-refractivity contribution < 1.29 is 33.8 Å². The topological polar surface area (TPSA) is 206 Å². The second-order valence-electron chi connectivity index (χ2n) is 5.07. The summed E-state index contributed by atoms with van der Waals surface area (Å²) in [5.74, 6) is -0.209. The van der Waals surface area contributed by atoms with Crippen LogP contribution in [-0.4, -0.2) is 64.4 Å². The number of ether oxygens (including phenoxy) is 1. The van der Waals surface area contributed by atoms with E-state index >= 15 is 0 Å². The van der Waals surface area contributed by atoms with Gasteiger partial charge in [-0.2, -0.15) is 4.98 Å². The fourth-order valence-electron chi connectivity index (χ4n) is 2.49. The molecule has 2 aromatic heterocycles. The molecule has 0 saturated carbocycles. The van der Waals surface area contributed by atoms with Gasteiger partial charge in [0, 0.05) is 0 Å². The average Bonchev–Trinajstić information content (AvgIpc) is 3.00. The third-order valence-corrected chi connectivity index (χ3v) is 3.99. The summed E-state index contributed by atoms with van der Waals surface area (Å²) in [4.78, 5) is 39.8. The van der Waals surface area contributed by atoms with Crippen LogP contribution < -0.4 is 11.3 Å². The van der Waals surface area contributed by atoms with Gasteiger partial charge >= 0.3 is 7.82 Å². The van der Waals surface area contributed by atoms with E-state index in [0.29, 0.717) is 0 Å². The van der Waals surface area contributed by atoms with Gasteiger partial charge in [0.2, 0.25) is 5.95 Å². The maximum Gasteiger partial charge on any atom is 0.470 e. The Balaban J connectivity index is 2.09. The Bertz CT molecular complexity index is 861. The zero-order valence-corrected chi connectivity index (χ0v) is 12.8. The van der Waals surface area contributed by atoms with E-state index < -0.39 is 44.5 Å². The number of H-pyrrole nitrogens is 1. The highest BCUT2D eigenvalue weighted by Crippen LogP contribution is 2.44. The van der Waals surface area contributed by atoms with Crippen LogP contribution in [0, 0.1) is 0 Å². The molecular formula is C10H14N5O8P. The van der Waals surface area contributed by atoms with Crippen molar-refractivity contribution in [3.63, 3.8) is 0 Å². The van der Waals surface area contributed by atoms with Gasteiger partial charge in [-0.25, -0.2) is 9.55 Å². The van der Waals surface area contributed by atoms with Crippen molar-refractivity contribution in [2.24, 2.45) is 0 Å². The third-order valence-electron chi connectivity index (χ3n) is 3.48. The van der Waals surface area contributed by atoms with Gasteiger partial charge in [-0.15, -0.1) is 0 Å². The first-order valence-corrected chi connectivity index (χ1v) is 8.15. The predicted octanol–water partition coefficient (Wildman–Crippen LogP) is -2.57. The van der Waals surface area contributed by atoms with Crippen LogP contribution in [0.3, 0.4) is 0 Å². The normalized spacial score (nSPS) is 27.8. The number of aromatic amines is 1. The first-order valence-electron chi connectivity index (χ1n) is 6.62. The molecule has 132 valence electrons. The third kappa shape index (κ3) is 2.93. The second-order valence-corrected chi connectivity index (χ2v) is 6.27. The number of hydrogen-bond donors (Lipinski definition) is 6. The molecule has 0 unspecified atom stereocenters. The lowest BCUT2D eigenvalue weighted by Gasteiger charge is -2.22. The average molecular weight is 363 g/mol. The molecule has 0 bridgehead atoms. The van der Waals surface area contributed by atoms with Crippen LogP contribution in [0.4, 0.5) is 5.95 Å². The van der Waals surface area contributed by atoms with Crippen LogP contribution in [0.15, 0.2) is 11.1 Å². The van der Waals surface area contributed by atoms with E-state index in [2.05, 4.69) is 19.5 Å². The molecule has 1 aliphatic heterocycles. The molecule has 3 heterocycles. The SMILES string of the molecule is Nc1nc2c(ncn2[C@@H]2O[C@@H](CO)[C@H](O)[C@H]2OP(=O)(O)O)c(=O)[nH]1. The summed E-state index contributed by atoms with van der Waals surface area (Å²) in [6, 6.07) is 0. The van der Waals surface area contributed by atoms with E-state index in [1.807, 2.05) is 0 Å². The molecule has 1 fully saturated rings. The molecule has 0 aliphatic carbocycles. The van der Waals surface area contributed by atoms with Crippen LogP contribution in [0.5, 0.6) is 0 Å². The maximum absolute atomic E-state index is 11.8. The fourth-order valence-corrected chi connectivity index (χ4v) is 3.04. The highest BCUT2D eigenvalue weighted by atomic mass is 31.2. The molecule has 13 nitrogen and oxygen atoms in total. The van der Waals surface area contributed by atoms with Crippen molar-refractivity contribution in [2.75, 3.05) is 12.3 Å². The molecular weight excluding hydrogens is 349 g/mol. The smallest absolute Gasteiger partial charge is 0.394 e. The molecule has 0 radical (unpaired) electrons. The molecule has 0 aromatic carbocycles. The standard InChI is InChI=1S/C10H14N5O8P/c11-10-13-7-4(8(18)14-10)12-2-15(7)9-6(23-24(19,20)21)5(17)3(1-16)22-9/h2-3,5-6,9,16-17H,1H2,(H2,19,20,21)(H3,11,13,14,18)/t3-,5-,6+,9+/m0/s1. The van der Waals surface area contributed by atoms with Crippen molar-refractivity contribution in [1.82, 2.24) is 19.5 Å². The molecule has 24 heavy (non-hydrogen) atoms. The lowest BCUT2D eigenvalue weighted by Crippen LogP contribution is -2.34. The van der Waals surface area contributed by atoms with Gasteiger partial charge in [0.1, 0.15) is 18.3 Å². The maximum atomic E-state index is 11.8. The van der Waals surface area contributed by atoms with Crippen LogP contribution >= 0.6 is 7.82 Å². The number of anilines is 1. The minimum absolute atomic E-state index is 0.0358. The molecule has 0 amide bonds. The first-order chi connectivity index (χ1) is 11.2. The number of nitrogens with zero attached hydrogens (tertiary/aromatic N) is 3. The molecule has 1 aliphatic rings. The van der Waals surface area contributed by atoms with Gasteiger partial charge in [-0.05, 0) is 0 Å². The highest BCUT2D eigenvalue weighted by molar-refractivity contribution is 7.46. The van der Waals surface area contributed by atoms with E-state index in [1.165, 1.54) is 0 Å². The van der Waals surface area contributed by atoms with E-state index in [9.17, 15) is 19.6 Å². The van der Waals surface area contributed by atoms with E-state index in [-0.39, 0.29) is 17.1 Å². The number of imidazole rings is 1. The fraction of sp³-hybridized carbons (Fsp3) is 0.500. The molecule has 14 heteroatoms. The number of hydrogen-bond acceptors (Lipinski definition) is 9. The van der Waals surface area contributed by atoms with E-state index in [4.69, 9.17) is 20.3 Å². The summed E-state index contributed by atoms with van der Waals surface area (Å²) in [6.07, 6.45) is -4.42. The number of aromatic nitrogens is 4. The van der Waals surface area contributed by atoms with E-state index in [1.54, 1.807) is 0 Å². The number of nitrogen functional groups attached to an aromatic ring is 1. The number of aliphatic hydroxyl groups excluding tert-OH is 2. The Morgan fingerprint density at radius 2 is 2.21 bits per heavy atom. The largest absolute Gasteiger partial charge is 0.470 e. The molecule has 2 aromatic rings. The number of phosphoric ester groups is 1. The summed E-state index contributed by atoms with van der Waals surface area (Å²) >= 11 is 0. The Morgan fingerprint density at radius 3 is 2.83 bits per heavy atom. The number of nitrogens with two attached hydrogens (primary N) is 1. The summed E-state index contributed by atoms with van der Waals surface area (Å²) in [6.45, 7) is -0.624. The molecule has 7 N–H and O–H groups in total. The van der Waals surface area contributed by atoms with Crippen molar-refractivity contribution in [2.45, 2.75) is 24.5 Å². The minimum Gasteiger partial charge on any atom is -0.394 e. The second kappa shape index (κ2) is 5.89. The zero-order chi connectivity index (χ0) is 17.6. The Labute approximate surface area is 132 Å². The summed E-state index contributed by atoms with van der Waals surface area (Å²) in [5.41, 5.74) is 4.72. The van der Waals surface area contributed by atoms with E-state index in [0.717, 1.165) is 10.9 Å². The Hall–Kier alpha value is -1.86. The van der Waals surface area contributed by atoms with Gasteiger partial charge in [0.15, 0.2) is 17.4 Å². The van der Waals surface area contributed by atoms with Crippen LogP contribution in [0.25, 0.3) is 11.2 Å². The van der Waals surface area contributed by atoms with Crippen LogP contribution in [0.2, 0.25) is 0 Å². The number of phosphoric acid groups is 1. The predicted molar refractivity (Wildman–Crippen MR) is 76.5 cm³/mol. The van der Waals surface area contributed by atoms with Gasteiger partial charge < -0.3 is 30.5 Å². The first kappa shape index (κ1) is 17.0. The van der Waals surface area contributed by atoms with Crippen LogP contribution in [0.1, 0.15) is 6.23 Å². The van der Waals surface area contributed by atoms with Gasteiger partial charge in [0.25, 0.3) is 5.56 Å². The monoisotopic (exact) mass is 363 g/mol. The van der Waals surface area contributed by atoms with Gasteiger partial charge in [-0.3, -0.25) is 18.9 Å². The Morgan fingerprint density at radius 1 is 1.50 bits per heavy atom. The van der Waals surface area contributed by atoms with Gasteiger partial charge in [-0.1, -0.05) is 0 Å². The lowest BCUT2D eigenvalue weighted by atomic mass is 10.1. The van der Waals surface area contributed by atoms with Crippen LogP contribution in [-0.2, 0) is 13.8 Å². The van der Waals surface area contributed by atoms with Crippen molar-refractivity contribution in [3.05, 3.63) is 16.7 Å². The molecule has 3 rings (SSSR count). The molecule has 0 spiro atoms. The van der Waals surface area contributed by atoms with Crippen molar-refractivity contribution in [3.8, 4) is 0 Å². The number of nitrogens with one attached hydrogen (secondary N) is 1. The highest BCUT2D eigenvalue weighted by Gasteiger charge is 2.48. The quantitative estimate of drug-likeness (QED) is 0.311. The zero-order valence-electron chi connectivity index (χ0n) is 11.9. The minimum atomic E-state index is -4.98. The van der Waals surface area contributed by atoms with Crippen molar-refractivity contribution >= 4 is 24.9 Å². The number of aliphatic hydroxyl groups is 2.